The Morgan fingerprint density at radius 2 is 1.76 bits per heavy atom. The first kappa shape index (κ1) is 17.8. The number of nitrogens with zero attached hydrogens (tertiary/aromatic N) is 2. The van der Waals surface area contributed by atoms with E-state index in [-0.39, 0.29) is 16.9 Å². The average Bonchev–Trinajstić information content (AvgIpc) is 2.57. The van der Waals surface area contributed by atoms with E-state index in [4.69, 9.17) is 11.6 Å². The molecule has 2 aromatic rings. The maximum atomic E-state index is 12.9. The van der Waals surface area contributed by atoms with Gasteiger partial charge in [-0.1, -0.05) is 11.6 Å². The lowest BCUT2D eigenvalue weighted by Gasteiger charge is -2.34. The maximum absolute atomic E-state index is 12.9. The van der Waals surface area contributed by atoms with Gasteiger partial charge in [0.1, 0.15) is 11.6 Å². The van der Waals surface area contributed by atoms with Crippen LogP contribution in [0.15, 0.2) is 36.5 Å². The second kappa shape index (κ2) is 7.07. The van der Waals surface area contributed by atoms with Crippen LogP contribution in [0.5, 0.6) is 0 Å². The van der Waals surface area contributed by atoms with Crippen molar-refractivity contribution in [2.45, 2.75) is 25.1 Å². The number of halogens is 5. The molecular formula is C17H16ClF4N3. The number of nitrogens with one attached hydrogen (secondary N) is 1. The fourth-order valence-electron chi connectivity index (χ4n) is 2.84. The van der Waals surface area contributed by atoms with Gasteiger partial charge in [-0.05, 0) is 43.2 Å². The van der Waals surface area contributed by atoms with Crippen LogP contribution in [0.2, 0.25) is 5.02 Å². The van der Waals surface area contributed by atoms with Crippen molar-refractivity contribution in [1.29, 1.82) is 0 Å². The molecular weight excluding hydrogens is 358 g/mol. The second-order valence-electron chi connectivity index (χ2n) is 5.94. The first-order chi connectivity index (χ1) is 11.8. The molecule has 1 fully saturated rings. The number of alkyl halides is 3. The maximum Gasteiger partial charge on any atom is 0.417 e. The van der Waals surface area contributed by atoms with Gasteiger partial charge in [0.2, 0.25) is 0 Å². The van der Waals surface area contributed by atoms with Crippen molar-refractivity contribution in [3.8, 4) is 0 Å². The van der Waals surface area contributed by atoms with Gasteiger partial charge in [-0.15, -0.1) is 0 Å². The smallest absolute Gasteiger partial charge is 0.382 e. The molecule has 0 unspecified atom stereocenters. The molecule has 1 aliphatic heterocycles. The summed E-state index contributed by atoms with van der Waals surface area (Å²) in [7, 11) is 0. The third kappa shape index (κ3) is 4.34. The van der Waals surface area contributed by atoms with Crippen LogP contribution in [0.4, 0.5) is 29.1 Å². The summed E-state index contributed by atoms with van der Waals surface area (Å²) in [5, 5.41) is 3.33. The number of piperidine rings is 1. The Bertz CT molecular complexity index is 726. The largest absolute Gasteiger partial charge is 0.417 e. The lowest BCUT2D eigenvalue weighted by atomic mass is 10.0. The predicted molar refractivity (Wildman–Crippen MR) is 89.5 cm³/mol. The highest BCUT2D eigenvalue weighted by atomic mass is 35.5. The van der Waals surface area contributed by atoms with E-state index in [1.807, 2.05) is 4.90 Å². The van der Waals surface area contributed by atoms with Crippen LogP contribution >= 0.6 is 11.6 Å². The highest BCUT2D eigenvalue weighted by molar-refractivity contribution is 6.33. The molecule has 3 rings (SSSR count). The molecule has 0 saturated carbocycles. The minimum atomic E-state index is -4.46. The third-order valence-electron chi connectivity index (χ3n) is 4.16. The van der Waals surface area contributed by atoms with Gasteiger partial charge < -0.3 is 10.2 Å². The quantitative estimate of drug-likeness (QED) is 0.770. The molecule has 8 heteroatoms. The lowest BCUT2D eigenvalue weighted by molar-refractivity contribution is -0.137. The molecule has 1 aromatic carbocycles. The van der Waals surface area contributed by atoms with E-state index in [0.29, 0.717) is 18.9 Å². The third-order valence-corrected chi connectivity index (χ3v) is 4.44. The molecule has 1 aromatic heterocycles. The molecule has 0 amide bonds. The van der Waals surface area contributed by atoms with Crippen LogP contribution in [0.3, 0.4) is 0 Å². The predicted octanol–water partition coefficient (Wildman–Crippen LogP) is 4.97. The Balaban J connectivity index is 1.61. The SMILES string of the molecule is Fc1ccc(NC2CCN(c3ncc(C(F)(F)F)cc3Cl)CC2)cc1. The number of hydrogen-bond acceptors (Lipinski definition) is 3. The number of rotatable bonds is 3. The van der Waals surface area contributed by atoms with Crippen molar-refractivity contribution >= 4 is 23.1 Å². The molecule has 0 spiro atoms. The van der Waals surface area contributed by atoms with Crippen molar-refractivity contribution in [2.75, 3.05) is 23.3 Å². The Hall–Kier alpha value is -2.02. The van der Waals surface area contributed by atoms with Gasteiger partial charge in [0, 0.05) is 31.0 Å². The Labute approximate surface area is 147 Å². The van der Waals surface area contributed by atoms with E-state index in [2.05, 4.69) is 10.3 Å². The van der Waals surface area contributed by atoms with Crippen molar-refractivity contribution in [1.82, 2.24) is 4.98 Å². The van der Waals surface area contributed by atoms with E-state index in [0.717, 1.165) is 30.8 Å². The summed E-state index contributed by atoms with van der Waals surface area (Å²) < 4.78 is 51.0. The van der Waals surface area contributed by atoms with E-state index in [1.54, 1.807) is 12.1 Å². The summed E-state index contributed by atoms with van der Waals surface area (Å²) in [6, 6.07) is 7.25. The van der Waals surface area contributed by atoms with Crippen molar-refractivity contribution < 1.29 is 17.6 Å². The number of hydrogen-bond donors (Lipinski definition) is 1. The first-order valence-corrected chi connectivity index (χ1v) is 8.20. The summed E-state index contributed by atoms with van der Waals surface area (Å²) in [6.45, 7) is 1.24. The molecule has 1 saturated heterocycles. The highest BCUT2D eigenvalue weighted by Crippen LogP contribution is 2.34. The summed E-state index contributed by atoms with van der Waals surface area (Å²) in [5.41, 5.74) is -0.0142. The van der Waals surface area contributed by atoms with Crippen LogP contribution in [0, 0.1) is 5.82 Å². The van der Waals surface area contributed by atoms with Gasteiger partial charge in [-0.2, -0.15) is 13.2 Å². The fourth-order valence-corrected chi connectivity index (χ4v) is 3.12. The van der Waals surface area contributed by atoms with Crippen molar-refractivity contribution in [2.24, 2.45) is 0 Å². The Morgan fingerprint density at radius 3 is 2.32 bits per heavy atom. The summed E-state index contributed by atoms with van der Waals surface area (Å²) in [5.74, 6) is 0.0817. The first-order valence-electron chi connectivity index (χ1n) is 7.83. The van der Waals surface area contributed by atoms with E-state index in [9.17, 15) is 17.6 Å². The molecule has 1 N–H and O–H groups in total. The lowest BCUT2D eigenvalue weighted by Crippen LogP contribution is -2.39. The topological polar surface area (TPSA) is 28.2 Å². The van der Waals surface area contributed by atoms with Gasteiger partial charge in [-0.3, -0.25) is 0 Å². The van der Waals surface area contributed by atoms with Gasteiger partial charge in [0.05, 0.1) is 10.6 Å². The minimum absolute atomic E-state index is 0.000214. The zero-order valence-corrected chi connectivity index (χ0v) is 13.9. The molecule has 25 heavy (non-hydrogen) atoms. The van der Waals surface area contributed by atoms with Crippen LogP contribution in [-0.2, 0) is 6.18 Å². The zero-order chi connectivity index (χ0) is 18.0. The number of benzene rings is 1. The zero-order valence-electron chi connectivity index (χ0n) is 13.2. The van der Waals surface area contributed by atoms with E-state index in [1.165, 1.54) is 12.1 Å². The van der Waals surface area contributed by atoms with E-state index < -0.39 is 11.7 Å². The molecule has 1 aliphatic rings. The normalized spacial score (nSPS) is 16.1. The number of anilines is 2. The van der Waals surface area contributed by atoms with Gasteiger partial charge in [0.25, 0.3) is 0 Å². The molecule has 0 radical (unpaired) electrons. The van der Waals surface area contributed by atoms with Gasteiger partial charge in [-0.25, -0.2) is 9.37 Å². The molecule has 3 nitrogen and oxygen atoms in total. The van der Waals surface area contributed by atoms with Crippen LogP contribution in [0.25, 0.3) is 0 Å². The second-order valence-corrected chi connectivity index (χ2v) is 6.35. The highest BCUT2D eigenvalue weighted by Gasteiger charge is 2.32. The molecule has 2 heterocycles. The standard InChI is InChI=1S/C17H16ClF4N3/c18-15-9-11(17(20,21)22)10-23-16(15)25-7-5-14(6-8-25)24-13-3-1-12(19)2-4-13/h1-4,9-10,14,24H,5-8H2. The van der Waals surface area contributed by atoms with Crippen LogP contribution in [0.1, 0.15) is 18.4 Å². The van der Waals surface area contributed by atoms with Crippen molar-refractivity contribution in [3.63, 3.8) is 0 Å². The Kier molecular flexibility index (Phi) is 5.03. The summed E-state index contributed by atoms with van der Waals surface area (Å²) in [4.78, 5) is 5.78. The Morgan fingerprint density at radius 1 is 1.12 bits per heavy atom. The fraction of sp³-hybridized carbons (Fsp3) is 0.353. The summed E-state index contributed by atoms with van der Waals surface area (Å²) >= 11 is 5.99. The molecule has 0 bridgehead atoms. The number of pyridine rings is 1. The molecule has 134 valence electrons. The van der Waals surface area contributed by atoms with Crippen LogP contribution in [-0.4, -0.2) is 24.1 Å². The van der Waals surface area contributed by atoms with Gasteiger partial charge in [0.15, 0.2) is 0 Å². The molecule has 0 atom stereocenters. The van der Waals surface area contributed by atoms with Crippen LogP contribution < -0.4 is 10.2 Å². The minimum Gasteiger partial charge on any atom is -0.382 e. The monoisotopic (exact) mass is 373 g/mol. The summed E-state index contributed by atoms with van der Waals surface area (Å²) in [6.07, 6.45) is -2.10. The average molecular weight is 374 g/mol. The van der Waals surface area contributed by atoms with Crippen molar-refractivity contribution in [3.05, 3.63) is 52.9 Å². The number of aromatic nitrogens is 1. The van der Waals surface area contributed by atoms with Gasteiger partial charge >= 0.3 is 6.18 Å². The molecule has 0 aliphatic carbocycles. The van der Waals surface area contributed by atoms with E-state index >= 15 is 0 Å².